The zero-order valence-electron chi connectivity index (χ0n) is 8.57. The van der Waals surface area contributed by atoms with Crippen molar-refractivity contribution in [2.75, 3.05) is 24.5 Å². The number of rotatable bonds is 2. The van der Waals surface area contributed by atoms with Gasteiger partial charge < -0.3 is 10.2 Å². The van der Waals surface area contributed by atoms with Gasteiger partial charge in [-0.2, -0.15) is 0 Å². The molecule has 1 heterocycles. The SMILES string of the molecule is O=Cc1ccc(Br)cc1N1CCNC(=O)C1. The van der Waals surface area contributed by atoms with Crippen molar-refractivity contribution in [2.45, 2.75) is 0 Å². The van der Waals surface area contributed by atoms with Crippen LogP contribution in [0, 0.1) is 0 Å². The molecular formula is C11H11BrN2O2. The summed E-state index contributed by atoms with van der Waals surface area (Å²) in [5.41, 5.74) is 1.41. The highest BCUT2D eigenvalue weighted by molar-refractivity contribution is 9.10. The van der Waals surface area contributed by atoms with E-state index in [2.05, 4.69) is 21.2 Å². The van der Waals surface area contributed by atoms with Gasteiger partial charge in [-0.25, -0.2) is 0 Å². The van der Waals surface area contributed by atoms with Gasteiger partial charge in [-0.1, -0.05) is 15.9 Å². The van der Waals surface area contributed by atoms with Crippen LogP contribution in [0.3, 0.4) is 0 Å². The second-order valence-corrected chi connectivity index (χ2v) is 4.51. The molecule has 1 fully saturated rings. The minimum absolute atomic E-state index is 0.0110. The summed E-state index contributed by atoms with van der Waals surface area (Å²) in [5, 5.41) is 2.75. The summed E-state index contributed by atoms with van der Waals surface area (Å²) in [7, 11) is 0. The fraction of sp³-hybridized carbons (Fsp3) is 0.273. The van der Waals surface area contributed by atoms with Crippen molar-refractivity contribution < 1.29 is 9.59 Å². The summed E-state index contributed by atoms with van der Waals surface area (Å²) in [5.74, 6) is -0.0110. The number of carbonyl (C=O) groups excluding carboxylic acids is 2. The molecule has 0 saturated carbocycles. The monoisotopic (exact) mass is 282 g/mol. The van der Waals surface area contributed by atoms with Crippen molar-refractivity contribution in [2.24, 2.45) is 0 Å². The van der Waals surface area contributed by atoms with Crippen LogP contribution in [0.2, 0.25) is 0 Å². The lowest BCUT2D eigenvalue weighted by molar-refractivity contribution is -0.120. The Hall–Kier alpha value is -1.36. The molecule has 1 aromatic rings. The Morgan fingerprint density at radius 3 is 2.94 bits per heavy atom. The zero-order chi connectivity index (χ0) is 11.5. The lowest BCUT2D eigenvalue weighted by atomic mass is 10.1. The first kappa shape index (κ1) is 11.1. The number of hydrogen-bond donors (Lipinski definition) is 1. The van der Waals surface area contributed by atoms with Gasteiger partial charge in [0.2, 0.25) is 5.91 Å². The Bertz CT molecular complexity index is 434. The molecule has 1 N–H and O–H groups in total. The number of carbonyl (C=O) groups is 2. The van der Waals surface area contributed by atoms with Gasteiger partial charge in [0, 0.05) is 28.8 Å². The van der Waals surface area contributed by atoms with E-state index in [0.29, 0.717) is 18.7 Å². The van der Waals surface area contributed by atoms with Crippen LogP contribution >= 0.6 is 15.9 Å². The van der Waals surface area contributed by atoms with Crippen LogP contribution in [-0.4, -0.2) is 31.8 Å². The average molecular weight is 283 g/mol. The van der Waals surface area contributed by atoms with Crippen LogP contribution in [0.15, 0.2) is 22.7 Å². The molecule has 1 saturated heterocycles. The number of hydrogen-bond acceptors (Lipinski definition) is 3. The van der Waals surface area contributed by atoms with E-state index < -0.39 is 0 Å². The first-order valence-corrected chi connectivity index (χ1v) is 5.76. The van der Waals surface area contributed by atoms with Crippen molar-refractivity contribution in [3.63, 3.8) is 0 Å². The Morgan fingerprint density at radius 2 is 2.25 bits per heavy atom. The smallest absolute Gasteiger partial charge is 0.239 e. The van der Waals surface area contributed by atoms with E-state index in [4.69, 9.17) is 0 Å². The fourth-order valence-corrected chi connectivity index (χ4v) is 2.08. The molecule has 1 aliphatic rings. The largest absolute Gasteiger partial charge is 0.360 e. The Labute approximate surface area is 102 Å². The average Bonchev–Trinajstić information content (AvgIpc) is 2.29. The molecule has 0 radical (unpaired) electrons. The van der Waals surface area contributed by atoms with E-state index >= 15 is 0 Å². The molecule has 1 amide bonds. The molecule has 0 aliphatic carbocycles. The van der Waals surface area contributed by atoms with Crippen LogP contribution in [0.1, 0.15) is 10.4 Å². The van der Waals surface area contributed by atoms with Gasteiger partial charge >= 0.3 is 0 Å². The van der Waals surface area contributed by atoms with E-state index in [1.165, 1.54) is 0 Å². The maximum absolute atomic E-state index is 11.3. The number of piperazine rings is 1. The Balaban J connectivity index is 2.33. The molecule has 0 unspecified atom stereocenters. The second-order valence-electron chi connectivity index (χ2n) is 3.59. The number of halogens is 1. The molecule has 4 nitrogen and oxygen atoms in total. The molecule has 1 aromatic carbocycles. The number of benzene rings is 1. The number of amides is 1. The molecule has 2 rings (SSSR count). The van der Waals surface area contributed by atoms with Crippen molar-refractivity contribution >= 4 is 33.8 Å². The Kier molecular flexibility index (Phi) is 3.24. The van der Waals surface area contributed by atoms with Crippen LogP contribution in [0.5, 0.6) is 0 Å². The number of nitrogens with zero attached hydrogens (tertiary/aromatic N) is 1. The van der Waals surface area contributed by atoms with Gasteiger partial charge in [-0.15, -0.1) is 0 Å². The van der Waals surface area contributed by atoms with E-state index in [0.717, 1.165) is 23.0 Å². The lowest BCUT2D eigenvalue weighted by Crippen LogP contribution is -2.48. The highest BCUT2D eigenvalue weighted by Crippen LogP contribution is 2.24. The summed E-state index contributed by atoms with van der Waals surface area (Å²) in [6.45, 7) is 1.64. The van der Waals surface area contributed by atoms with Crippen LogP contribution in [0.25, 0.3) is 0 Å². The third-order valence-electron chi connectivity index (χ3n) is 2.50. The van der Waals surface area contributed by atoms with Crippen molar-refractivity contribution in [3.8, 4) is 0 Å². The topological polar surface area (TPSA) is 49.4 Å². The first-order valence-electron chi connectivity index (χ1n) is 4.97. The Morgan fingerprint density at radius 1 is 1.44 bits per heavy atom. The number of anilines is 1. The standard InChI is InChI=1S/C11H11BrN2O2/c12-9-2-1-8(7-15)10(5-9)14-4-3-13-11(16)6-14/h1-2,5,7H,3-4,6H2,(H,13,16). The van der Waals surface area contributed by atoms with Gasteiger partial charge in [0.1, 0.15) is 0 Å². The van der Waals surface area contributed by atoms with Crippen molar-refractivity contribution in [1.29, 1.82) is 0 Å². The summed E-state index contributed by atoms with van der Waals surface area (Å²) < 4.78 is 0.902. The van der Waals surface area contributed by atoms with E-state index in [1.807, 2.05) is 17.0 Å². The highest BCUT2D eigenvalue weighted by atomic mass is 79.9. The molecule has 0 bridgehead atoms. The minimum Gasteiger partial charge on any atom is -0.360 e. The van der Waals surface area contributed by atoms with Crippen LogP contribution < -0.4 is 10.2 Å². The van der Waals surface area contributed by atoms with E-state index in [1.54, 1.807) is 6.07 Å². The zero-order valence-corrected chi connectivity index (χ0v) is 10.2. The van der Waals surface area contributed by atoms with Gasteiger partial charge in [0.05, 0.1) is 6.54 Å². The molecular weight excluding hydrogens is 272 g/mol. The van der Waals surface area contributed by atoms with Crippen LogP contribution in [0.4, 0.5) is 5.69 Å². The number of nitrogens with one attached hydrogen (secondary N) is 1. The summed E-state index contributed by atoms with van der Waals surface area (Å²) in [4.78, 5) is 24.1. The van der Waals surface area contributed by atoms with Gasteiger partial charge in [0.15, 0.2) is 6.29 Å². The number of aldehydes is 1. The molecule has 1 aliphatic heterocycles. The van der Waals surface area contributed by atoms with Gasteiger partial charge in [0.25, 0.3) is 0 Å². The summed E-state index contributed by atoms with van der Waals surface area (Å²) in [6.07, 6.45) is 0.814. The lowest BCUT2D eigenvalue weighted by Gasteiger charge is -2.29. The second kappa shape index (κ2) is 4.65. The van der Waals surface area contributed by atoms with Crippen LogP contribution in [-0.2, 0) is 4.79 Å². The normalized spacial score (nSPS) is 15.8. The predicted octanol–water partition coefficient (Wildman–Crippen LogP) is 1.20. The molecule has 0 spiro atoms. The maximum Gasteiger partial charge on any atom is 0.239 e. The van der Waals surface area contributed by atoms with Gasteiger partial charge in [-0.05, 0) is 18.2 Å². The van der Waals surface area contributed by atoms with Gasteiger partial charge in [-0.3, -0.25) is 9.59 Å². The van der Waals surface area contributed by atoms with E-state index in [9.17, 15) is 9.59 Å². The third kappa shape index (κ3) is 2.24. The fourth-order valence-electron chi connectivity index (χ4n) is 1.73. The van der Waals surface area contributed by atoms with Crippen molar-refractivity contribution in [1.82, 2.24) is 5.32 Å². The molecule has 0 aromatic heterocycles. The molecule has 0 atom stereocenters. The predicted molar refractivity (Wildman–Crippen MR) is 64.8 cm³/mol. The third-order valence-corrected chi connectivity index (χ3v) is 2.99. The quantitative estimate of drug-likeness (QED) is 0.830. The molecule has 5 heteroatoms. The maximum atomic E-state index is 11.3. The minimum atomic E-state index is -0.0110. The molecule has 84 valence electrons. The molecule has 16 heavy (non-hydrogen) atoms. The summed E-state index contributed by atoms with van der Waals surface area (Å²) in [6, 6.07) is 5.43. The van der Waals surface area contributed by atoms with E-state index in [-0.39, 0.29) is 5.91 Å². The highest BCUT2D eigenvalue weighted by Gasteiger charge is 2.18. The first-order chi connectivity index (χ1) is 7.70. The summed E-state index contributed by atoms with van der Waals surface area (Å²) >= 11 is 3.36. The van der Waals surface area contributed by atoms with Crippen molar-refractivity contribution in [3.05, 3.63) is 28.2 Å².